The van der Waals surface area contributed by atoms with Gasteiger partial charge in [0.2, 0.25) is 0 Å². The van der Waals surface area contributed by atoms with E-state index in [1.165, 1.54) is 24.5 Å². The second-order valence-electron chi connectivity index (χ2n) is 3.44. The van der Waals surface area contributed by atoms with Gasteiger partial charge in [0.05, 0.1) is 11.1 Å². The molecule has 1 aromatic heterocycles. The van der Waals surface area contributed by atoms with Crippen molar-refractivity contribution in [1.82, 2.24) is 4.98 Å². The number of carboxylic acid groups (broad SMARTS) is 2. The summed E-state index contributed by atoms with van der Waals surface area (Å²) >= 11 is 0. The first kappa shape index (κ1) is 14.2. The summed E-state index contributed by atoms with van der Waals surface area (Å²) < 4.78 is 0. The third kappa shape index (κ3) is 4.47. The normalized spacial score (nSPS) is 9.05. The zero-order chi connectivity index (χ0) is 14.3. The van der Waals surface area contributed by atoms with Crippen LogP contribution in [0.25, 0.3) is 0 Å². The van der Waals surface area contributed by atoms with Gasteiger partial charge in [0, 0.05) is 18.1 Å². The Morgan fingerprint density at radius 1 is 1.00 bits per heavy atom. The zero-order valence-electron chi connectivity index (χ0n) is 9.85. The van der Waals surface area contributed by atoms with Gasteiger partial charge in [-0.2, -0.15) is 0 Å². The Morgan fingerprint density at radius 2 is 1.68 bits per heavy atom. The number of aromatic nitrogens is 1. The zero-order valence-corrected chi connectivity index (χ0v) is 9.85. The molecule has 98 valence electrons. The molecule has 0 aliphatic heterocycles. The Labute approximate surface area is 109 Å². The molecule has 4 N–H and O–H groups in total. The first-order chi connectivity index (χ1) is 9.02. The molecule has 19 heavy (non-hydrogen) atoms. The minimum Gasteiger partial charge on any atom is -0.478 e. The summed E-state index contributed by atoms with van der Waals surface area (Å²) in [5.41, 5.74) is 6.02. The van der Waals surface area contributed by atoms with E-state index in [-0.39, 0.29) is 11.1 Å². The maximum Gasteiger partial charge on any atom is 0.337 e. The standard InChI is InChI=1S/C7H7NO2.C6H5NO2/c8-6-4-2-1-3-5(6)7(9)10;8-6(9)5-2-1-3-7-4-5/h1-4H,8H2,(H,9,10);1-4H,(H,8,9). The van der Waals surface area contributed by atoms with Crippen LogP contribution in [0.1, 0.15) is 20.7 Å². The first-order valence-electron chi connectivity index (χ1n) is 5.23. The van der Waals surface area contributed by atoms with Gasteiger partial charge in [0.15, 0.2) is 0 Å². The summed E-state index contributed by atoms with van der Waals surface area (Å²) in [6, 6.07) is 9.45. The highest BCUT2D eigenvalue weighted by atomic mass is 16.4. The van der Waals surface area contributed by atoms with E-state index in [1.807, 2.05) is 0 Å². The third-order valence-electron chi connectivity index (χ3n) is 2.10. The van der Waals surface area contributed by atoms with Crippen molar-refractivity contribution in [3.63, 3.8) is 0 Å². The molecule has 1 aromatic carbocycles. The first-order valence-corrected chi connectivity index (χ1v) is 5.23. The molecule has 0 spiro atoms. The predicted octanol–water partition coefficient (Wildman–Crippen LogP) is 1.75. The Bertz CT molecular complexity index is 570. The summed E-state index contributed by atoms with van der Waals surface area (Å²) in [4.78, 5) is 24.1. The molecular weight excluding hydrogens is 248 g/mol. The van der Waals surface area contributed by atoms with Gasteiger partial charge in [0.25, 0.3) is 0 Å². The van der Waals surface area contributed by atoms with Gasteiger partial charge in [-0.1, -0.05) is 12.1 Å². The number of rotatable bonds is 2. The van der Waals surface area contributed by atoms with E-state index in [0.29, 0.717) is 5.69 Å². The molecule has 0 radical (unpaired) electrons. The van der Waals surface area contributed by atoms with Crippen molar-refractivity contribution in [3.8, 4) is 0 Å². The number of hydrogen-bond acceptors (Lipinski definition) is 4. The monoisotopic (exact) mass is 260 g/mol. The number of carbonyl (C=O) groups is 2. The van der Waals surface area contributed by atoms with E-state index in [1.54, 1.807) is 24.3 Å². The smallest absolute Gasteiger partial charge is 0.337 e. The third-order valence-corrected chi connectivity index (χ3v) is 2.10. The van der Waals surface area contributed by atoms with Crippen LogP contribution < -0.4 is 5.73 Å². The number of aromatic carboxylic acids is 2. The molecule has 0 unspecified atom stereocenters. The van der Waals surface area contributed by atoms with Crippen LogP contribution in [-0.4, -0.2) is 27.1 Å². The van der Waals surface area contributed by atoms with Gasteiger partial charge in [-0.05, 0) is 24.3 Å². The van der Waals surface area contributed by atoms with Crippen LogP contribution in [0.15, 0.2) is 48.8 Å². The Balaban J connectivity index is 0.000000191. The fourth-order valence-corrected chi connectivity index (χ4v) is 1.18. The molecule has 2 aromatic rings. The van der Waals surface area contributed by atoms with Crippen LogP contribution in [0, 0.1) is 0 Å². The van der Waals surface area contributed by atoms with Crippen LogP contribution in [0.4, 0.5) is 5.69 Å². The van der Waals surface area contributed by atoms with Gasteiger partial charge < -0.3 is 15.9 Å². The number of hydrogen-bond donors (Lipinski definition) is 3. The number of benzene rings is 1. The summed E-state index contributed by atoms with van der Waals surface area (Å²) in [7, 11) is 0. The predicted molar refractivity (Wildman–Crippen MR) is 69.0 cm³/mol. The number of nitrogens with zero attached hydrogens (tertiary/aromatic N) is 1. The minimum atomic E-state index is -0.988. The van der Waals surface area contributed by atoms with Crippen molar-refractivity contribution in [2.45, 2.75) is 0 Å². The summed E-state index contributed by atoms with van der Waals surface area (Å²) in [5, 5.41) is 16.8. The lowest BCUT2D eigenvalue weighted by atomic mass is 10.2. The van der Waals surface area contributed by atoms with Gasteiger partial charge in [-0.25, -0.2) is 9.59 Å². The number of pyridine rings is 1. The fraction of sp³-hybridized carbons (Fsp3) is 0. The molecule has 0 aliphatic rings. The molecule has 0 fully saturated rings. The van der Waals surface area contributed by atoms with Crippen LogP contribution in [0.2, 0.25) is 0 Å². The van der Waals surface area contributed by atoms with E-state index in [2.05, 4.69) is 4.98 Å². The Morgan fingerprint density at radius 3 is 2.05 bits per heavy atom. The number of carboxylic acids is 2. The number of para-hydroxylation sites is 1. The van der Waals surface area contributed by atoms with Crippen molar-refractivity contribution in [1.29, 1.82) is 0 Å². The maximum atomic E-state index is 10.3. The Kier molecular flexibility index (Phi) is 5.04. The molecule has 0 amide bonds. The van der Waals surface area contributed by atoms with Crippen LogP contribution in [-0.2, 0) is 0 Å². The van der Waals surface area contributed by atoms with Gasteiger partial charge >= 0.3 is 11.9 Å². The van der Waals surface area contributed by atoms with E-state index in [0.717, 1.165) is 0 Å². The second kappa shape index (κ2) is 6.75. The quantitative estimate of drug-likeness (QED) is 0.709. The molecule has 0 saturated heterocycles. The Hall–Kier alpha value is -2.89. The topological polar surface area (TPSA) is 114 Å². The highest BCUT2D eigenvalue weighted by molar-refractivity contribution is 5.93. The van der Waals surface area contributed by atoms with Gasteiger partial charge in [-0.3, -0.25) is 4.98 Å². The lowest BCUT2D eigenvalue weighted by Gasteiger charge is -1.96. The molecule has 0 saturated carbocycles. The van der Waals surface area contributed by atoms with E-state index >= 15 is 0 Å². The fourth-order valence-electron chi connectivity index (χ4n) is 1.18. The molecule has 0 atom stereocenters. The molecule has 0 aliphatic carbocycles. The van der Waals surface area contributed by atoms with Crippen LogP contribution in [0.5, 0.6) is 0 Å². The maximum absolute atomic E-state index is 10.3. The van der Waals surface area contributed by atoms with E-state index in [4.69, 9.17) is 15.9 Å². The lowest BCUT2D eigenvalue weighted by molar-refractivity contribution is 0.0686. The average Bonchev–Trinajstić information content (AvgIpc) is 2.40. The number of nitrogen functional groups attached to an aromatic ring is 1. The summed E-state index contributed by atoms with van der Waals surface area (Å²) in [5.74, 6) is -1.93. The largest absolute Gasteiger partial charge is 0.478 e. The second-order valence-corrected chi connectivity index (χ2v) is 3.44. The van der Waals surface area contributed by atoms with Crippen molar-refractivity contribution in [2.24, 2.45) is 0 Å². The van der Waals surface area contributed by atoms with Crippen molar-refractivity contribution < 1.29 is 19.8 Å². The summed E-state index contributed by atoms with van der Waals surface area (Å²) in [6.45, 7) is 0. The lowest BCUT2D eigenvalue weighted by Crippen LogP contribution is -2.00. The SMILES string of the molecule is Nc1ccccc1C(=O)O.O=C(O)c1cccnc1. The van der Waals surface area contributed by atoms with Gasteiger partial charge in [-0.15, -0.1) is 0 Å². The molecule has 6 heteroatoms. The summed E-state index contributed by atoms with van der Waals surface area (Å²) in [6.07, 6.45) is 2.84. The van der Waals surface area contributed by atoms with Crippen molar-refractivity contribution >= 4 is 17.6 Å². The molecule has 2 rings (SSSR count). The van der Waals surface area contributed by atoms with Crippen molar-refractivity contribution in [2.75, 3.05) is 5.73 Å². The number of anilines is 1. The average molecular weight is 260 g/mol. The van der Waals surface area contributed by atoms with Gasteiger partial charge in [0.1, 0.15) is 0 Å². The van der Waals surface area contributed by atoms with E-state index in [9.17, 15) is 9.59 Å². The van der Waals surface area contributed by atoms with Crippen molar-refractivity contribution in [3.05, 3.63) is 59.9 Å². The minimum absolute atomic E-state index is 0.155. The van der Waals surface area contributed by atoms with E-state index < -0.39 is 11.9 Å². The van der Waals surface area contributed by atoms with Crippen LogP contribution in [0.3, 0.4) is 0 Å². The molecular formula is C13H12N2O4. The molecule has 1 heterocycles. The highest BCUT2D eigenvalue weighted by Gasteiger charge is 2.03. The number of nitrogens with two attached hydrogens (primary N) is 1. The van der Waals surface area contributed by atoms with Crippen LogP contribution >= 0.6 is 0 Å². The molecule has 6 nitrogen and oxygen atoms in total. The highest BCUT2D eigenvalue weighted by Crippen LogP contribution is 2.09. The molecule has 0 bridgehead atoms.